The van der Waals surface area contributed by atoms with Crippen molar-refractivity contribution in [3.8, 4) is 0 Å². The van der Waals surface area contributed by atoms with Crippen LogP contribution in [0.5, 0.6) is 0 Å². The Balaban J connectivity index is 0.000000463. The van der Waals surface area contributed by atoms with Crippen LogP contribution in [0.1, 0.15) is 0 Å². The van der Waals surface area contributed by atoms with Gasteiger partial charge in [-0.05, 0) is 50.8 Å². The molecule has 11 heteroatoms. The first-order valence-electron chi connectivity index (χ1n) is 6.34. The highest BCUT2D eigenvalue weighted by atomic mass is 35.5. The van der Waals surface area contributed by atoms with Crippen molar-refractivity contribution >= 4 is 45.7 Å². The van der Waals surface area contributed by atoms with Crippen molar-refractivity contribution in [1.82, 2.24) is 9.80 Å². The molecular weight excluding hydrogens is 356 g/mol. The van der Waals surface area contributed by atoms with Gasteiger partial charge in [-0.2, -0.15) is 4.74 Å². The second-order valence-corrected chi connectivity index (χ2v) is 7.08. The molecule has 0 spiro atoms. The van der Waals surface area contributed by atoms with E-state index in [1.165, 1.54) is 0 Å². The minimum absolute atomic E-state index is 0.340. The Labute approximate surface area is 139 Å². The summed E-state index contributed by atoms with van der Waals surface area (Å²) in [7, 11) is 1.60. The average Bonchev–Trinajstić information content (AvgIpc) is 2.63. The van der Waals surface area contributed by atoms with E-state index in [1.807, 2.05) is 50.1 Å². The van der Waals surface area contributed by atoms with Crippen LogP contribution in [0.25, 0.3) is 0 Å². The van der Waals surface area contributed by atoms with Crippen molar-refractivity contribution < 1.29 is 22.0 Å². The van der Waals surface area contributed by atoms with Gasteiger partial charge in [-0.15, -0.1) is 0 Å². The van der Waals surface area contributed by atoms with Gasteiger partial charge in [-0.25, -0.2) is 0 Å². The summed E-state index contributed by atoms with van der Waals surface area (Å²) in [6.45, 7) is 0. The molecule has 0 N–H and O–H groups in total. The molecule has 4 nitrogen and oxygen atoms in total. The van der Waals surface area contributed by atoms with Crippen molar-refractivity contribution in [2.45, 2.75) is 4.90 Å². The van der Waals surface area contributed by atoms with E-state index in [2.05, 4.69) is 0 Å². The van der Waals surface area contributed by atoms with Crippen LogP contribution >= 0.6 is 22.1 Å². The van der Waals surface area contributed by atoms with E-state index in [0.717, 1.165) is 14.7 Å². The molecule has 1 aromatic rings. The van der Waals surface area contributed by atoms with Gasteiger partial charge >= 0.3 is 7.25 Å². The van der Waals surface area contributed by atoms with Gasteiger partial charge in [0, 0.05) is 11.1 Å². The van der Waals surface area contributed by atoms with E-state index in [4.69, 9.17) is 11.6 Å². The summed E-state index contributed by atoms with van der Waals surface area (Å²) in [5.41, 5.74) is 2.35. The second kappa shape index (κ2) is 7.65. The molecule has 1 aromatic carbocycles. The first-order chi connectivity index (χ1) is 10.4. The molecule has 0 bridgehead atoms. The molecule has 0 saturated heterocycles. The summed E-state index contributed by atoms with van der Waals surface area (Å²) in [6.07, 6.45) is 0. The molecule has 1 unspecified atom stereocenters. The molecule has 1 aliphatic heterocycles. The van der Waals surface area contributed by atoms with Crippen molar-refractivity contribution in [1.29, 1.82) is 0 Å². The Bertz CT molecular complexity index is 634. The van der Waals surface area contributed by atoms with Crippen LogP contribution in [0, 0.1) is 5.21 Å². The summed E-state index contributed by atoms with van der Waals surface area (Å²) in [5.74, 6) is 0. The number of hydrogen-bond acceptors (Lipinski definition) is 1. The maximum Gasteiger partial charge on any atom is 0.673 e. The number of rotatable bonds is 0. The van der Waals surface area contributed by atoms with Gasteiger partial charge in [0.2, 0.25) is 11.2 Å². The molecule has 0 saturated carbocycles. The highest BCUT2D eigenvalue weighted by molar-refractivity contribution is 8.27. The maximum absolute atomic E-state index is 11.9. The molecule has 0 amide bonds. The summed E-state index contributed by atoms with van der Waals surface area (Å²) >= 11 is 5.94. The van der Waals surface area contributed by atoms with E-state index in [-0.39, 0.29) is 10.5 Å². The van der Waals surface area contributed by atoms with Gasteiger partial charge in [-0.1, -0.05) is 11.6 Å². The smallest absolute Gasteiger partial charge is 0.618 e. The average molecular weight is 373 g/mol. The predicted octanol–water partition coefficient (Wildman–Crippen LogP) is 3.66. The van der Waals surface area contributed by atoms with E-state index in [1.54, 1.807) is 11.6 Å². The molecule has 1 atom stereocenters. The summed E-state index contributed by atoms with van der Waals surface area (Å²) in [5, 5.41) is 13.6. The third kappa shape index (κ3) is 5.80. The Hall–Kier alpha value is -1.10. The van der Waals surface area contributed by atoms with Crippen molar-refractivity contribution in [3.63, 3.8) is 0 Å². The highest BCUT2D eigenvalue weighted by Crippen LogP contribution is 2.41. The zero-order chi connectivity index (χ0) is 17.9. The molecule has 0 fully saturated rings. The molecule has 2 rings (SSSR count). The fourth-order valence-electron chi connectivity index (χ4n) is 2.00. The monoisotopic (exact) mass is 372 g/mol. The summed E-state index contributed by atoms with van der Waals surface area (Å²) < 4.78 is 39.9. The van der Waals surface area contributed by atoms with Gasteiger partial charge in [-0.3, -0.25) is 9.80 Å². The zero-order valence-corrected chi connectivity index (χ0v) is 14.5. The normalized spacial score (nSPS) is 16.8. The van der Waals surface area contributed by atoms with Crippen LogP contribution in [-0.2, 0) is 0 Å². The van der Waals surface area contributed by atoms with E-state index in [0.29, 0.717) is 10.7 Å². The minimum atomic E-state index is -6.00. The third-order valence-corrected chi connectivity index (χ3v) is 5.14. The van der Waals surface area contributed by atoms with Gasteiger partial charge in [0.25, 0.3) is 0 Å². The lowest BCUT2D eigenvalue weighted by Gasteiger charge is -2.22. The Morgan fingerprint density at radius 3 is 2.04 bits per heavy atom. The quantitative estimate of drug-likeness (QED) is 0.229. The lowest BCUT2D eigenvalue weighted by atomic mass is 10.3. The number of fused-ring (bicyclic) bond motifs is 1. The Morgan fingerprint density at radius 1 is 1.13 bits per heavy atom. The van der Waals surface area contributed by atoms with Crippen LogP contribution in [0.15, 0.2) is 23.1 Å². The SMILES string of the molecule is CN(C)C(N(C)C)=S1C=[N+]([O-])c2cc(Cl)ccc21.F[B-](F)(F)F. The number of nitrogens with zero attached hydrogens (tertiary/aromatic N) is 3. The van der Waals surface area contributed by atoms with Crippen molar-refractivity contribution in [2.24, 2.45) is 0 Å². The first-order valence-corrected chi connectivity index (χ1v) is 8.01. The van der Waals surface area contributed by atoms with Crippen LogP contribution in [0.2, 0.25) is 5.02 Å². The van der Waals surface area contributed by atoms with Gasteiger partial charge in [0.15, 0.2) is 0 Å². The van der Waals surface area contributed by atoms with Crippen LogP contribution in [-0.4, -0.2) is 60.6 Å². The van der Waals surface area contributed by atoms with Crippen LogP contribution < -0.4 is 0 Å². The summed E-state index contributed by atoms with van der Waals surface area (Å²) in [4.78, 5) is 5.10. The summed E-state index contributed by atoms with van der Waals surface area (Å²) in [6, 6.07) is 5.48. The zero-order valence-electron chi connectivity index (χ0n) is 12.9. The van der Waals surface area contributed by atoms with E-state index < -0.39 is 7.25 Å². The number of halogens is 5. The minimum Gasteiger partial charge on any atom is -0.618 e. The van der Waals surface area contributed by atoms with Gasteiger partial charge in [0.1, 0.15) is 5.11 Å². The lowest BCUT2D eigenvalue weighted by molar-refractivity contribution is -0.352. The topological polar surface area (TPSA) is 32.5 Å². The molecular formula is C12H16BClF4N3OS-. The predicted molar refractivity (Wildman–Crippen MR) is 89.2 cm³/mol. The van der Waals surface area contributed by atoms with Crippen molar-refractivity contribution in [2.75, 3.05) is 28.2 Å². The van der Waals surface area contributed by atoms with E-state index >= 15 is 0 Å². The first kappa shape index (κ1) is 20.0. The molecule has 1 heterocycles. The fourth-order valence-corrected chi connectivity index (χ4v) is 4.25. The standard InChI is InChI=1S/C12H16ClN3OS.BF4/c1-14(2)12(15(3)4)18-8-16(17)10-7-9(13)5-6-11(10)18;2-1(3,4)5/h5-8H,1-4H3;/q;-1. The third-order valence-electron chi connectivity index (χ3n) is 2.56. The number of benzene rings is 1. The van der Waals surface area contributed by atoms with Gasteiger partial charge in [0.05, 0.1) is 4.90 Å². The molecule has 23 heavy (non-hydrogen) atoms. The largest absolute Gasteiger partial charge is 0.673 e. The van der Waals surface area contributed by atoms with Gasteiger partial charge < -0.3 is 22.5 Å². The van der Waals surface area contributed by atoms with Crippen LogP contribution in [0.4, 0.5) is 23.0 Å². The van der Waals surface area contributed by atoms with Crippen molar-refractivity contribution in [3.05, 3.63) is 28.4 Å². The molecule has 130 valence electrons. The van der Waals surface area contributed by atoms with Crippen LogP contribution in [0.3, 0.4) is 0 Å². The second-order valence-electron chi connectivity index (χ2n) is 4.95. The number of hydrogen-bond donors (Lipinski definition) is 0. The Morgan fingerprint density at radius 2 is 1.61 bits per heavy atom. The van der Waals surface area contributed by atoms with E-state index in [9.17, 15) is 22.5 Å². The lowest BCUT2D eigenvalue weighted by Crippen LogP contribution is -2.35. The fraction of sp³-hybridized carbons (Fsp3) is 0.333. The molecule has 0 radical (unpaired) electrons. The Kier molecular flexibility index (Phi) is 6.64. The maximum atomic E-state index is 11.9. The highest BCUT2D eigenvalue weighted by Gasteiger charge is 2.26. The molecule has 0 aromatic heterocycles. The molecule has 0 aliphatic carbocycles. The molecule has 1 aliphatic rings.